The van der Waals surface area contributed by atoms with Crippen molar-refractivity contribution in [2.24, 2.45) is 11.5 Å². The summed E-state index contributed by atoms with van der Waals surface area (Å²) in [6, 6.07) is 31.2. The molecule has 0 saturated carbocycles. The van der Waals surface area contributed by atoms with Crippen molar-refractivity contribution in [3.63, 3.8) is 0 Å². The molecule has 0 unspecified atom stereocenters. The van der Waals surface area contributed by atoms with Gasteiger partial charge in [-0.05, 0) is 138 Å². The summed E-state index contributed by atoms with van der Waals surface area (Å²) >= 11 is 0. The fraction of sp³-hybridized carbons (Fsp3) is 0.349. The van der Waals surface area contributed by atoms with Gasteiger partial charge >= 0.3 is 18.0 Å². The first-order valence-corrected chi connectivity index (χ1v) is 27.4. The van der Waals surface area contributed by atoms with Gasteiger partial charge in [0.15, 0.2) is 5.69 Å². The topological polar surface area (TPSA) is 312 Å². The van der Waals surface area contributed by atoms with Crippen LogP contribution in [0.5, 0.6) is 11.5 Å². The number of nitrogens with one attached hydrogen (secondary N) is 5. The van der Waals surface area contributed by atoms with E-state index in [0.717, 1.165) is 75.6 Å². The van der Waals surface area contributed by atoms with Crippen molar-refractivity contribution in [3.8, 4) is 17.6 Å². The second-order valence-corrected chi connectivity index (χ2v) is 20.7. The van der Waals surface area contributed by atoms with E-state index in [2.05, 4.69) is 36.8 Å². The Bertz CT molecular complexity index is 3210. The van der Waals surface area contributed by atoms with Gasteiger partial charge in [0.05, 0.1) is 36.1 Å². The predicted octanol–water partition coefficient (Wildman–Crippen LogP) is 11.3. The van der Waals surface area contributed by atoms with Gasteiger partial charge in [-0.2, -0.15) is 5.26 Å². The largest absolute Gasteiger partial charge is 0.487 e. The normalized spacial score (nSPS) is 10.7. The Morgan fingerprint density at radius 2 is 1.14 bits per heavy atom. The lowest BCUT2D eigenvalue weighted by Crippen LogP contribution is -2.37. The molecule has 4 aromatic carbocycles. The van der Waals surface area contributed by atoms with Gasteiger partial charge in [0.1, 0.15) is 42.0 Å². The second kappa shape index (κ2) is 32.7. The predicted molar refractivity (Wildman–Crippen MR) is 321 cm³/mol. The third-order valence-electron chi connectivity index (χ3n) is 12.9. The van der Waals surface area contributed by atoms with Crippen molar-refractivity contribution in [1.29, 1.82) is 16.1 Å². The zero-order valence-corrected chi connectivity index (χ0v) is 47.9. The first-order valence-electron chi connectivity index (χ1n) is 27.4. The van der Waals surface area contributed by atoms with E-state index in [9.17, 15) is 14.4 Å². The van der Waals surface area contributed by atoms with E-state index < -0.39 is 23.6 Å². The third kappa shape index (κ3) is 22.1. The van der Waals surface area contributed by atoms with E-state index in [1.807, 2.05) is 89.3 Å². The van der Waals surface area contributed by atoms with Crippen LogP contribution in [0.1, 0.15) is 134 Å². The lowest BCUT2D eigenvalue weighted by molar-refractivity contribution is -0.138. The molecule has 2 heterocycles. The average molecular weight is 1130 g/mol. The van der Waals surface area contributed by atoms with Gasteiger partial charge in [0.2, 0.25) is 0 Å². The minimum absolute atomic E-state index is 0.0231. The number of nitriles is 1. The number of anilines is 2. The number of benzene rings is 4. The summed E-state index contributed by atoms with van der Waals surface area (Å²) < 4.78 is 18.4. The molecule has 436 valence electrons. The molecule has 0 aliphatic heterocycles. The number of hydrogen-bond acceptors (Lipinski definition) is 14. The summed E-state index contributed by atoms with van der Waals surface area (Å²) in [6.45, 7) is 19.8. The standard InChI is InChI=1S/C34H39N5O5.C29H37N7O3/c1-24-32(43-23-26-12-14-28(36-5)15-13-26)30(27(20-37-24)21-38-29-16-10-25(19-35)11-17-29)22-39(33(42)44-34(2,3)4)18-8-6-7-9-31(40)41;1-19-27(39-18-20-6-8-21(9-7-20)28(30)31)25(17-34-14-4-2-3-5-26(37)38)23(15-35-19)16-36-24-12-10-22(11-13-24)29(32)33/h10-17,20,38H,6-9,18,21-23H2,1-4H3,(H,40,41);6-13,15,34,36H,2-5,14,16-18H2,1H3,(H3,30,31)(H3,32,33)(H,37,38). The van der Waals surface area contributed by atoms with Crippen LogP contribution < -0.4 is 36.9 Å². The number of amides is 1. The highest BCUT2D eigenvalue weighted by molar-refractivity contribution is 5.95. The van der Waals surface area contributed by atoms with Crippen LogP contribution in [-0.4, -0.2) is 73.5 Å². The number of unbranched alkanes of at least 4 members (excludes halogenated alkanes) is 4. The number of aliphatic carboxylic acids is 2. The van der Waals surface area contributed by atoms with Crippen molar-refractivity contribution in [2.75, 3.05) is 23.7 Å². The summed E-state index contributed by atoms with van der Waals surface area (Å²) in [5, 5.41) is 52.4. The summed E-state index contributed by atoms with van der Waals surface area (Å²) in [4.78, 5) is 49.4. The molecule has 11 N–H and O–H groups in total. The number of carbonyl (C=O) groups excluding carboxylic acids is 1. The van der Waals surface area contributed by atoms with Crippen LogP contribution in [0, 0.1) is 42.6 Å². The molecule has 0 spiro atoms. The summed E-state index contributed by atoms with van der Waals surface area (Å²) in [6.07, 6.45) is 7.59. The molecule has 0 bridgehead atoms. The minimum Gasteiger partial charge on any atom is -0.487 e. The molecule has 0 aliphatic rings. The number of aromatic nitrogens is 2. The molecule has 0 aliphatic carbocycles. The Morgan fingerprint density at radius 3 is 1.63 bits per heavy atom. The van der Waals surface area contributed by atoms with Crippen LogP contribution in [0.25, 0.3) is 4.85 Å². The average Bonchev–Trinajstić information content (AvgIpc) is 3.65. The van der Waals surface area contributed by atoms with Gasteiger partial charge in [-0.3, -0.25) is 30.4 Å². The number of carboxylic acid groups (broad SMARTS) is 2. The quantitative estimate of drug-likeness (QED) is 0.00876. The molecule has 6 aromatic rings. The second-order valence-electron chi connectivity index (χ2n) is 20.7. The van der Waals surface area contributed by atoms with E-state index in [-0.39, 0.29) is 37.7 Å². The van der Waals surface area contributed by atoms with Gasteiger partial charge in [-0.25, -0.2) is 9.64 Å². The van der Waals surface area contributed by atoms with E-state index in [1.165, 1.54) is 0 Å². The first-order chi connectivity index (χ1) is 39.7. The van der Waals surface area contributed by atoms with Crippen molar-refractivity contribution in [1.82, 2.24) is 20.2 Å². The van der Waals surface area contributed by atoms with E-state index in [1.54, 1.807) is 59.6 Å². The SMILES string of the molecule is Cc1ncc(CNc2ccc(C(=N)N)cc2)c(CNCCCCCC(=O)O)c1OCc1ccc(C(=N)N)cc1.[C-]#[N+]c1ccc(COc2c(C)ncc(CNc3ccc(C#N)cc3)c2CN(CCCCCC(=O)O)C(=O)OC(C)(C)C)cc1. The van der Waals surface area contributed by atoms with Crippen molar-refractivity contribution >= 4 is 46.8 Å². The molecule has 1 amide bonds. The molecule has 2 aromatic heterocycles. The van der Waals surface area contributed by atoms with Crippen LogP contribution >= 0.6 is 0 Å². The Kier molecular flexibility index (Phi) is 25.3. The molecule has 20 heteroatoms. The molecule has 0 saturated heterocycles. The molecular weight excluding hydrogens is 1050 g/mol. The lowest BCUT2D eigenvalue weighted by Gasteiger charge is -2.29. The smallest absolute Gasteiger partial charge is 0.410 e. The van der Waals surface area contributed by atoms with Gasteiger partial charge < -0.3 is 56.7 Å². The van der Waals surface area contributed by atoms with Crippen molar-refractivity contribution < 1.29 is 38.8 Å². The number of nitrogen functional groups attached to an aromatic ring is 2. The highest BCUT2D eigenvalue weighted by Gasteiger charge is 2.26. The van der Waals surface area contributed by atoms with Crippen molar-refractivity contribution in [2.45, 2.75) is 131 Å². The Hall–Kier alpha value is -9.53. The molecule has 0 atom stereocenters. The minimum atomic E-state index is -0.841. The summed E-state index contributed by atoms with van der Waals surface area (Å²) in [5.74, 6) is -0.284. The Balaban J connectivity index is 0.000000306. The molecule has 6 rings (SSSR count). The monoisotopic (exact) mass is 1130 g/mol. The fourth-order valence-electron chi connectivity index (χ4n) is 8.41. The number of carboxylic acids is 2. The number of pyridine rings is 2. The number of aryl methyl sites for hydroxylation is 2. The number of hydrogen-bond donors (Lipinski definition) is 9. The number of amidine groups is 2. The highest BCUT2D eigenvalue weighted by Crippen LogP contribution is 2.31. The maximum absolute atomic E-state index is 13.4. The Morgan fingerprint density at radius 1 is 0.675 bits per heavy atom. The highest BCUT2D eigenvalue weighted by atomic mass is 16.6. The van der Waals surface area contributed by atoms with Crippen LogP contribution in [-0.2, 0) is 53.7 Å². The Labute approximate surface area is 486 Å². The van der Waals surface area contributed by atoms with E-state index >= 15 is 0 Å². The van der Waals surface area contributed by atoms with Crippen LogP contribution in [0.3, 0.4) is 0 Å². The molecule has 0 radical (unpaired) electrons. The zero-order chi connectivity index (χ0) is 60.3. The first kappa shape index (κ1) is 64.3. The van der Waals surface area contributed by atoms with Crippen LogP contribution in [0.4, 0.5) is 21.9 Å². The maximum atomic E-state index is 13.4. The van der Waals surface area contributed by atoms with E-state index in [4.69, 9.17) is 58.5 Å². The number of carbonyl (C=O) groups is 3. The lowest BCUT2D eigenvalue weighted by atomic mass is 10.1. The number of nitrogens with two attached hydrogens (primary N) is 2. The third-order valence-corrected chi connectivity index (χ3v) is 12.9. The number of ether oxygens (including phenoxy) is 3. The molecule has 0 fully saturated rings. The number of rotatable bonds is 30. The summed E-state index contributed by atoms with van der Waals surface area (Å²) in [7, 11) is 0. The van der Waals surface area contributed by atoms with E-state index in [0.29, 0.717) is 92.3 Å². The zero-order valence-electron chi connectivity index (χ0n) is 47.9. The molecule has 83 heavy (non-hydrogen) atoms. The fourth-order valence-corrected chi connectivity index (χ4v) is 8.41. The molecular formula is C63H76N12O8. The van der Waals surface area contributed by atoms with Gasteiger partial charge in [-0.1, -0.05) is 61.4 Å². The van der Waals surface area contributed by atoms with Crippen molar-refractivity contribution in [3.05, 3.63) is 182 Å². The van der Waals surface area contributed by atoms with Gasteiger partial charge in [-0.15, -0.1) is 0 Å². The summed E-state index contributed by atoms with van der Waals surface area (Å²) in [5.41, 5.74) is 21.4. The van der Waals surface area contributed by atoms with Gasteiger partial charge in [0, 0.05) is 85.0 Å². The van der Waals surface area contributed by atoms with Crippen LogP contribution in [0.2, 0.25) is 0 Å². The van der Waals surface area contributed by atoms with Crippen LogP contribution in [0.15, 0.2) is 109 Å². The maximum Gasteiger partial charge on any atom is 0.410 e. The molecule has 20 nitrogen and oxygen atoms in total. The van der Waals surface area contributed by atoms with Gasteiger partial charge in [0.25, 0.3) is 0 Å². The number of nitrogens with zero attached hydrogens (tertiary/aromatic N) is 5.